The molecule has 3 N–H and O–H groups in total. The lowest BCUT2D eigenvalue weighted by Gasteiger charge is -2.36. The minimum absolute atomic E-state index is 0.124. The van der Waals surface area contributed by atoms with E-state index in [9.17, 15) is 10.2 Å². The zero-order valence-corrected chi connectivity index (χ0v) is 19.1. The van der Waals surface area contributed by atoms with Gasteiger partial charge in [0, 0.05) is 49.7 Å². The molecule has 0 bridgehead atoms. The van der Waals surface area contributed by atoms with Crippen LogP contribution in [0, 0.1) is 6.92 Å². The Balaban J connectivity index is 1.21. The van der Waals surface area contributed by atoms with Crippen molar-refractivity contribution in [1.82, 2.24) is 14.4 Å². The maximum Gasteiger partial charge on any atom is 0.193 e. The van der Waals surface area contributed by atoms with Gasteiger partial charge in [0.25, 0.3) is 0 Å². The first kappa shape index (κ1) is 20.9. The van der Waals surface area contributed by atoms with Gasteiger partial charge in [0.2, 0.25) is 0 Å². The lowest BCUT2D eigenvalue weighted by atomic mass is 10.2. The maximum atomic E-state index is 9.76. The van der Waals surface area contributed by atoms with E-state index in [0.29, 0.717) is 6.54 Å². The van der Waals surface area contributed by atoms with Crippen molar-refractivity contribution in [1.29, 1.82) is 0 Å². The van der Waals surface area contributed by atoms with Gasteiger partial charge in [-0.3, -0.25) is 9.47 Å². The molecule has 0 spiro atoms. The van der Waals surface area contributed by atoms with E-state index in [1.165, 1.54) is 27.6 Å². The summed E-state index contributed by atoms with van der Waals surface area (Å²) >= 11 is 1.78. The number of aliphatic imine (C=N–C) groups is 1. The summed E-state index contributed by atoms with van der Waals surface area (Å²) in [6.07, 6.45) is 1.95. The first-order valence-corrected chi connectivity index (χ1v) is 12.0. The molecule has 0 amide bonds. The molecule has 1 aromatic carbocycles. The van der Waals surface area contributed by atoms with Gasteiger partial charge in [0.15, 0.2) is 11.8 Å². The van der Waals surface area contributed by atoms with Crippen LogP contribution in [-0.4, -0.2) is 63.1 Å². The van der Waals surface area contributed by atoms with Gasteiger partial charge in [0.05, 0.1) is 16.9 Å². The summed E-state index contributed by atoms with van der Waals surface area (Å²) in [6.45, 7) is 7.72. The number of aryl methyl sites for hydroxylation is 1. The van der Waals surface area contributed by atoms with Crippen LogP contribution in [0.4, 0.5) is 16.4 Å². The average molecular weight is 452 g/mol. The molecule has 32 heavy (non-hydrogen) atoms. The van der Waals surface area contributed by atoms with Crippen molar-refractivity contribution in [2.24, 2.45) is 4.99 Å². The fourth-order valence-corrected chi connectivity index (χ4v) is 5.37. The number of rotatable bonds is 5. The lowest BCUT2D eigenvalue weighted by molar-refractivity contribution is 0.179. The Morgan fingerprint density at radius 1 is 0.969 bits per heavy atom. The van der Waals surface area contributed by atoms with Crippen LogP contribution in [0.15, 0.2) is 47.5 Å². The molecule has 0 saturated carbocycles. The largest absolute Gasteiger partial charge is 0.494 e. The SMILES string of the molecule is Cc1cc2c(s1)Nc1ccccc1N=C2N1CCN(CCCCn2c(O)ccc2O)CC1. The van der Waals surface area contributed by atoms with Gasteiger partial charge in [-0.05, 0) is 44.5 Å². The highest BCUT2D eigenvalue weighted by Gasteiger charge is 2.26. The van der Waals surface area contributed by atoms with Gasteiger partial charge in [-0.15, -0.1) is 11.3 Å². The minimum atomic E-state index is 0.124. The van der Waals surface area contributed by atoms with E-state index in [0.717, 1.165) is 62.8 Å². The van der Waals surface area contributed by atoms with Gasteiger partial charge in [-0.2, -0.15) is 0 Å². The summed E-state index contributed by atoms with van der Waals surface area (Å²) in [5.74, 6) is 1.32. The molecule has 0 unspecified atom stereocenters. The smallest absolute Gasteiger partial charge is 0.193 e. The topological polar surface area (TPSA) is 76.3 Å². The molecule has 2 aliphatic rings. The molecule has 168 valence electrons. The van der Waals surface area contributed by atoms with E-state index in [4.69, 9.17) is 4.99 Å². The Bertz CT molecular complexity index is 1110. The van der Waals surface area contributed by atoms with Crippen LogP contribution in [0.3, 0.4) is 0 Å². The molecule has 4 heterocycles. The maximum absolute atomic E-state index is 9.76. The zero-order chi connectivity index (χ0) is 22.1. The van der Waals surface area contributed by atoms with Gasteiger partial charge in [-0.1, -0.05) is 12.1 Å². The Morgan fingerprint density at radius 2 is 1.69 bits per heavy atom. The molecule has 2 aromatic heterocycles. The number of piperazine rings is 1. The molecule has 3 aromatic rings. The van der Waals surface area contributed by atoms with E-state index < -0.39 is 0 Å². The summed E-state index contributed by atoms with van der Waals surface area (Å²) in [6, 6.07) is 13.5. The zero-order valence-electron chi connectivity index (χ0n) is 18.3. The Hall–Kier alpha value is -2.97. The lowest BCUT2D eigenvalue weighted by Crippen LogP contribution is -2.49. The second kappa shape index (κ2) is 8.88. The quantitative estimate of drug-likeness (QED) is 0.498. The number of fused-ring (bicyclic) bond motifs is 2. The summed E-state index contributed by atoms with van der Waals surface area (Å²) in [4.78, 5) is 11.3. The fourth-order valence-electron chi connectivity index (χ4n) is 4.45. The van der Waals surface area contributed by atoms with E-state index in [2.05, 4.69) is 40.2 Å². The number of nitrogens with zero attached hydrogens (tertiary/aromatic N) is 4. The second-order valence-corrected chi connectivity index (χ2v) is 9.67. The Labute approximate surface area is 192 Å². The first-order valence-electron chi connectivity index (χ1n) is 11.2. The number of anilines is 2. The highest BCUT2D eigenvalue weighted by Crippen LogP contribution is 2.39. The van der Waals surface area contributed by atoms with Crippen molar-refractivity contribution in [2.75, 3.05) is 38.0 Å². The van der Waals surface area contributed by atoms with Crippen LogP contribution in [0.1, 0.15) is 23.3 Å². The standard InChI is InChI=1S/C24H29N5O2S/c1-17-16-18-23(25-19-6-2-3-7-20(19)26-24(18)32-17)28-14-12-27(13-15-28)10-4-5-11-29-21(30)8-9-22(29)31/h2-3,6-9,16,26,30-31H,4-5,10-15H2,1H3. The van der Waals surface area contributed by atoms with Crippen molar-refractivity contribution < 1.29 is 10.2 Å². The molecule has 5 rings (SSSR count). The number of aromatic hydroxyl groups is 2. The number of thiophene rings is 1. The third-order valence-corrected chi connectivity index (χ3v) is 7.15. The number of nitrogens with one attached hydrogen (secondary N) is 1. The number of unbranched alkanes of at least 4 members (excludes halogenated alkanes) is 1. The molecule has 0 radical (unpaired) electrons. The second-order valence-electron chi connectivity index (χ2n) is 8.41. The van der Waals surface area contributed by atoms with Crippen molar-refractivity contribution in [3.63, 3.8) is 0 Å². The van der Waals surface area contributed by atoms with Crippen molar-refractivity contribution in [3.05, 3.63) is 52.9 Å². The normalized spacial score (nSPS) is 16.2. The summed E-state index contributed by atoms with van der Waals surface area (Å²) in [5.41, 5.74) is 3.25. The van der Waals surface area contributed by atoms with Crippen LogP contribution in [-0.2, 0) is 6.54 Å². The van der Waals surface area contributed by atoms with E-state index in [1.807, 2.05) is 12.1 Å². The molecule has 7 nitrogen and oxygen atoms in total. The van der Waals surface area contributed by atoms with Crippen LogP contribution in [0.5, 0.6) is 11.8 Å². The predicted octanol–water partition coefficient (Wildman–Crippen LogP) is 4.50. The molecule has 1 fully saturated rings. The molecule has 0 atom stereocenters. The summed E-state index contributed by atoms with van der Waals surface area (Å²) in [7, 11) is 0. The fraction of sp³-hybridized carbons (Fsp3) is 0.375. The highest BCUT2D eigenvalue weighted by molar-refractivity contribution is 7.16. The van der Waals surface area contributed by atoms with Crippen molar-refractivity contribution in [2.45, 2.75) is 26.3 Å². The Morgan fingerprint density at radius 3 is 2.47 bits per heavy atom. The first-order chi connectivity index (χ1) is 15.6. The third kappa shape index (κ3) is 4.20. The Kier molecular flexibility index (Phi) is 5.80. The molecule has 2 aliphatic heterocycles. The number of hydrogen-bond donors (Lipinski definition) is 3. The monoisotopic (exact) mass is 451 g/mol. The average Bonchev–Trinajstić information content (AvgIpc) is 3.27. The van der Waals surface area contributed by atoms with Gasteiger partial charge < -0.3 is 20.4 Å². The predicted molar refractivity (Wildman–Crippen MR) is 130 cm³/mol. The van der Waals surface area contributed by atoms with Gasteiger partial charge in [-0.25, -0.2) is 4.99 Å². The number of para-hydroxylation sites is 2. The number of benzene rings is 1. The van der Waals surface area contributed by atoms with Crippen LogP contribution < -0.4 is 5.32 Å². The van der Waals surface area contributed by atoms with E-state index in [-0.39, 0.29) is 11.8 Å². The summed E-state index contributed by atoms with van der Waals surface area (Å²) < 4.78 is 1.55. The minimum Gasteiger partial charge on any atom is -0.494 e. The number of amidine groups is 1. The van der Waals surface area contributed by atoms with E-state index >= 15 is 0 Å². The van der Waals surface area contributed by atoms with Gasteiger partial charge >= 0.3 is 0 Å². The van der Waals surface area contributed by atoms with E-state index in [1.54, 1.807) is 15.9 Å². The number of aromatic nitrogens is 1. The van der Waals surface area contributed by atoms with Crippen molar-refractivity contribution in [3.8, 4) is 11.8 Å². The molecule has 8 heteroatoms. The molecular formula is C24H29N5O2S. The third-order valence-electron chi connectivity index (χ3n) is 6.19. The molecule has 1 saturated heterocycles. The van der Waals surface area contributed by atoms with Crippen molar-refractivity contribution >= 4 is 33.5 Å². The van der Waals surface area contributed by atoms with Crippen LogP contribution >= 0.6 is 11.3 Å². The summed E-state index contributed by atoms with van der Waals surface area (Å²) in [5, 5.41) is 24.3. The van der Waals surface area contributed by atoms with Gasteiger partial charge in [0.1, 0.15) is 10.8 Å². The number of hydrogen-bond acceptors (Lipinski definition) is 7. The molecule has 0 aliphatic carbocycles. The van der Waals surface area contributed by atoms with Crippen LogP contribution in [0.25, 0.3) is 0 Å². The van der Waals surface area contributed by atoms with Crippen LogP contribution in [0.2, 0.25) is 0 Å². The molecular weight excluding hydrogens is 422 g/mol. The highest BCUT2D eigenvalue weighted by atomic mass is 32.1.